The van der Waals surface area contributed by atoms with Gasteiger partial charge in [-0.25, -0.2) is 0 Å². The molecular formula is C27H30N4O4. The van der Waals surface area contributed by atoms with Crippen molar-refractivity contribution < 1.29 is 19.1 Å². The van der Waals surface area contributed by atoms with Crippen molar-refractivity contribution >= 4 is 11.8 Å². The van der Waals surface area contributed by atoms with Crippen LogP contribution in [0.1, 0.15) is 50.9 Å². The molecule has 0 radical (unpaired) electrons. The summed E-state index contributed by atoms with van der Waals surface area (Å²) in [5.41, 5.74) is 3.02. The molecule has 0 bridgehead atoms. The number of aryl methyl sites for hydroxylation is 1. The minimum atomic E-state index is -0.312. The number of carbonyl (C=O) groups is 2. The summed E-state index contributed by atoms with van der Waals surface area (Å²) >= 11 is 0. The maximum absolute atomic E-state index is 13.3. The third kappa shape index (κ3) is 3.78. The molecule has 1 spiro atoms. The van der Waals surface area contributed by atoms with Crippen LogP contribution in [-0.2, 0) is 17.2 Å². The molecule has 0 saturated carbocycles. The molecular weight excluding hydrogens is 444 g/mol. The predicted octanol–water partition coefficient (Wildman–Crippen LogP) is 3.10. The zero-order chi connectivity index (χ0) is 24.6. The molecule has 1 N–H and O–H groups in total. The Morgan fingerprint density at radius 3 is 2.43 bits per heavy atom. The van der Waals surface area contributed by atoms with Crippen LogP contribution in [0.3, 0.4) is 0 Å². The first-order valence-electron chi connectivity index (χ1n) is 11.8. The largest absolute Gasteiger partial charge is 0.496 e. The average molecular weight is 475 g/mol. The van der Waals surface area contributed by atoms with E-state index in [0.29, 0.717) is 30.1 Å². The van der Waals surface area contributed by atoms with Gasteiger partial charge in [0.1, 0.15) is 11.4 Å². The highest BCUT2D eigenvalue weighted by molar-refractivity contribution is 5.97. The van der Waals surface area contributed by atoms with Gasteiger partial charge in [0.05, 0.1) is 24.8 Å². The fourth-order valence-corrected chi connectivity index (χ4v) is 5.83. The summed E-state index contributed by atoms with van der Waals surface area (Å²) in [5.74, 6) is 0.313. The van der Waals surface area contributed by atoms with E-state index in [2.05, 4.69) is 22.5 Å². The van der Waals surface area contributed by atoms with Gasteiger partial charge in [0.15, 0.2) is 0 Å². The van der Waals surface area contributed by atoms with Crippen LogP contribution < -0.4 is 10.1 Å². The molecule has 1 fully saturated rings. The van der Waals surface area contributed by atoms with Crippen LogP contribution in [0.2, 0.25) is 0 Å². The van der Waals surface area contributed by atoms with Crippen LogP contribution in [0.15, 0.2) is 60.8 Å². The van der Waals surface area contributed by atoms with Crippen molar-refractivity contribution in [3.05, 3.63) is 83.2 Å². The van der Waals surface area contributed by atoms with Crippen LogP contribution >= 0.6 is 0 Å². The Kier molecular flexibility index (Phi) is 6.06. The van der Waals surface area contributed by atoms with E-state index in [-0.39, 0.29) is 29.4 Å². The molecule has 8 heteroatoms. The number of nitrogens with zero attached hydrogens (tertiary/aromatic N) is 3. The molecule has 5 rings (SSSR count). The Labute approximate surface area is 204 Å². The number of hydrogen-bond acceptors (Lipinski definition) is 5. The summed E-state index contributed by atoms with van der Waals surface area (Å²) in [6, 6.07) is 16.9. The molecule has 3 aromatic rings. The molecule has 2 aromatic carbocycles. The minimum Gasteiger partial charge on any atom is -0.496 e. The second-order valence-electron chi connectivity index (χ2n) is 9.18. The van der Waals surface area contributed by atoms with Gasteiger partial charge < -0.3 is 19.7 Å². The van der Waals surface area contributed by atoms with Gasteiger partial charge in [0.2, 0.25) is 0 Å². The van der Waals surface area contributed by atoms with E-state index >= 15 is 0 Å². The number of fused-ring (bicyclic) bond motifs is 2. The molecule has 35 heavy (non-hydrogen) atoms. The number of methoxy groups -OCH3 is 2. The molecule has 8 nitrogen and oxygen atoms in total. The van der Waals surface area contributed by atoms with E-state index in [4.69, 9.17) is 9.47 Å². The maximum atomic E-state index is 13.3. The summed E-state index contributed by atoms with van der Waals surface area (Å²) in [6.07, 6.45) is 2.87. The first-order valence-corrected chi connectivity index (χ1v) is 11.8. The zero-order valence-electron chi connectivity index (χ0n) is 20.2. The van der Waals surface area contributed by atoms with E-state index in [9.17, 15) is 9.59 Å². The third-order valence-corrected chi connectivity index (χ3v) is 7.55. The predicted molar refractivity (Wildman–Crippen MR) is 130 cm³/mol. The molecule has 2 amide bonds. The lowest BCUT2D eigenvalue weighted by Gasteiger charge is -2.44. The summed E-state index contributed by atoms with van der Waals surface area (Å²) in [5, 5.41) is 7.36. The number of hydrogen-bond donors (Lipinski definition) is 1. The summed E-state index contributed by atoms with van der Waals surface area (Å²) in [7, 11) is 5.04. The number of likely N-dealkylation sites (tertiary alicyclic amines) is 1. The first-order chi connectivity index (χ1) is 17.0. The molecule has 1 saturated heterocycles. The Balaban J connectivity index is 1.42. The molecule has 1 aliphatic heterocycles. The number of amides is 2. The quantitative estimate of drug-likeness (QED) is 0.614. The fraction of sp³-hybridized carbons (Fsp3) is 0.370. The van der Waals surface area contributed by atoms with Gasteiger partial charge in [-0.05, 0) is 42.2 Å². The lowest BCUT2D eigenvalue weighted by atomic mass is 9.71. The van der Waals surface area contributed by atoms with Gasteiger partial charge >= 0.3 is 0 Å². The molecule has 1 aliphatic carbocycles. The molecule has 2 aliphatic rings. The molecule has 182 valence electrons. The molecule has 1 aromatic heterocycles. The first kappa shape index (κ1) is 23.1. The Morgan fingerprint density at radius 2 is 1.74 bits per heavy atom. The number of nitrogens with one attached hydrogen (secondary N) is 1. The van der Waals surface area contributed by atoms with Crippen LogP contribution in [0, 0.1) is 0 Å². The SMILES string of the molecule is COc1ccccc1C(=O)N[C@@H]1c2ccccc2C2(CCN(C(=O)c3ccnn3C)CC2)[C@H]1OC. The molecule has 2 atom stereocenters. The van der Waals surface area contributed by atoms with Gasteiger partial charge in [-0.2, -0.15) is 5.10 Å². The monoisotopic (exact) mass is 474 g/mol. The average Bonchev–Trinajstić information content (AvgIpc) is 3.43. The molecule has 2 heterocycles. The smallest absolute Gasteiger partial charge is 0.272 e. The molecule has 0 unspecified atom stereocenters. The van der Waals surface area contributed by atoms with Gasteiger partial charge in [-0.15, -0.1) is 0 Å². The number of carbonyl (C=O) groups excluding carboxylic acids is 2. The van der Waals surface area contributed by atoms with Crippen molar-refractivity contribution in [3.63, 3.8) is 0 Å². The number of benzene rings is 2. The van der Waals surface area contributed by atoms with Crippen molar-refractivity contribution in [2.24, 2.45) is 7.05 Å². The minimum absolute atomic E-state index is 0.0128. The highest BCUT2D eigenvalue weighted by atomic mass is 16.5. The van der Waals surface area contributed by atoms with Gasteiger partial charge in [0, 0.05) is 38.9 Å². The topological polar surface area (TPSA) is 85.7 Å². The van der Waals surface area contributed by atoms with E-state index in [1.807, 2.05) is 29.2 Å². The van der Waals surface area contributed by atoms with Crippen LogP contribution in [0.5, 0.6) is 5.75 Å². The lowest BCUT2D eigenvalue weighted by Crippen LogP contribution is -2.51. The lowest BCUT2D eigenvalue weighted by molar-refractivity contribution is -0.00944. The van der Waals surface area contributed by atoms with Gasteiger partial charge in [-0.1, -0.05) is 36.4 Å². The zero-order valence-corrected chi connectivity index (χ0v) is 20.2. The Bertz CT molecular complexity index is 1250. The van der Waals surface area contributed by atoms with Crippen molar-refractivity contribution in [3.8, 4) is 5.75 Å². The Hall–Kier alpha value is -3.65. The highest BCUT2D eigenvalue weighted by Crippen LogP contribution is 2.52. The summed E-state index contributed by atoms with van der Waals surface area (Å²) in [4.78, 5) is 28.3. The number of rotatable bonds is 5. The second kappa shape index (κ2) is 9.19. The van der Waals surface area contributed by atoms with Gasteiger partial charge in [-0.3, -0.25) is 14.3 Å². The van der Waals surface area contributed by atoms with Crippen LogP contribution in [0.4, 0.5) is 0 Å². The van der Waals surface area contributed by atoms with E-state index in [1.54, 1.807) is 50.3 Å². The summed E-state index contributed by atoms with van der Waals surface area (Å²) < 4.78 is 13.1. The number of ether oxygens (including phenoxy) is 2. The van der Waals surface area contributed by atoms with Crippen LogP contribution in [0.25, 0.3) is 0 Å². The van der Waals surface area contributed by atoms with Crippen LogP contribution in [-0.4, -0.2) is 59.9 Å². The standard InChI is InChI=1S/C27H30N4O4/c1-30-21(12-15-28-30)26(33)31-16-13-27(14-17-31)20-10-6-4-8-18(20)23(24(27)35-3)29-25(32)19-9-5-7-11-22(19)34-2/h4-12,15,23-24H,13-14,16-17H2,1-3H3,(H,29,32)/t23-,24+/m1/s1. The van der Waals surface area contributed by atoms with E-state index in [1.165, 1.54) is 5.56 Å². The van der Waals surface area contributed by atoms with Crippen molar-refractivity contribution in [1.82, 2.24) is 20.0 Å². The third-order valence-electron chi connectivity index (χ3n) is 7.55. The number of para-hydroxylation sites is 1. The van der Waals surface area contributed by atoms with Crippen molar-refractivity contribution in [2.75, 3.05) is 27.3 Å². The highest BCUT2D eigenvalue weighted by Gasteiger charge is 2.54. The normalized spacial score (nSPS) is 20.5. The number of aromatic nitrogens is 2. The van der Waals surface area contributed by atoms with Crippen molar-refractivity contribution in [2.45, 2.75) is 30.4 Å². The van der Waals surface area contributed by atoms with E-state index < -0.39 is 0 Å². The second-order valence-corrected chi connectivity index (χ2v) is 9.18. The van der Waals surface area contributed by atoms with Gasteiger partial charge in [0.25, 0.3) is 11.8 Å². The summed E-state index contributed by atoms with van der Waals surface area (Å²) in [6.45, 7) is 1.21. The van der Waals surface area contributed by atoms with E-state index in [0.717, 1.165) is 18.4 Å². The maximum Gasteiger partial charge on any atom is 0.272 e. The number of piperidine rings is 1. The van der Waals surface area contributed by atoms with Crippen molar-refractivity contribution in [1.29, 1.82) is 0 Å². The Morgan fingerprint density at radius 1 is 1.03 bits per heavy atom. The fourth-order valence-electron chi connectivity index (χ4n) is 5.83.